The number of rotatable bonds is 3. The van der Waals surface area contributed by atoms with Crippen LogP contribution in [0.3, 0.4) is 0 Å². The number of anilines is 1. The first kappa shape index (κ1) is 12.5. The standard InChI is InChI=1S/C11H10N6O2S/c1-2-9-13-14-11-16(9)15-10(20-11)6-3-4-7(12)8(5-6)17(18)19/h3-5H,2,12H2,1H3. The van der Waals surface area contributed by atoms with Gasteiger partial charge in [-0.05, 0) is 12.1 Å². The molecule has 20 heavy (non-hydrogen) atoms. The van der Waals surface area contributed by atoms with E-state index >= 15 is 0 Å². The minimum absolute atomic E-state index is 0.121. The van der Waals surface area contributed by atoms with Crippen LogP contribution < -0.4 is 5.73 Å². The Labute approximate surface area is 117 Å². The molecule has 0 saturated carbocycles. The van der Waals surface area contributed by atoms with Crippen molar-refractivity contribution < 1.29 is 4.92 Å². The number of nitrogens with zero attached hydrogens (tertiary/aromatic N) is 5. The zero-order chi connectivity index (χ0) is 14.3. The molecule has 1 aromatic carbocycles. The molecule has 0 aliphatic carbocycles. The Morgan fingerprint density at radius 2 is 2.25 bits per heavy atom. The lowest BCUT2D eigenvalue weighted by Crippen LogP contribution is -1.96. The van der Waals surface area contributed by atoms with Gasteiger partial charge >= 0.3 is 0 Å². The van der Waals surface area contributed by atoms with Gasteiger partial charge < -0.3 is 5.73 Å². The summed E-state index contributed by atoms with van der Waals surface area (Å²) in [6.07, 6.45) is 0.715. The number of nitrogens with two attached hydrogens (primary N) is 1. The molecule has 0 amide bonds. The van der Waals surface area contributed by atoms with Crippen molar-refractivity contribution in [2.24, 2.45) is 0 Å². The highest BCUT2D eigenvalue weighted by molar-refractivity contribution is 7.19. The maximum atomic E-state index is 10.9. The van der Waals surface area contributed by atoms with E-state index in [4.69, 9.17) is 5.73 Å². The molecule has 2 N–H and O–H groups in total. The van der Waals surface area contributed by atoms with Crippen molar-refractivity contribution in [2.45, 2.75) is 13.3 Å². The Balaban J connectivity index is 2.13. The molecule has 8 nitrogen and oxygen atoms in total. The minimum atomic E-state index is -0.503. The molecule has 0 aliphatic rings. The lowest BCUT2D eigenvalue weighted by atomic mass is 10.2. The van der Waals surface area contributed by atoms with Gasteiger partial charge in [0.05, 0.1) is 4.92 Å². The molecule has 0 aliphatic heterocycles. The number of nitro benzene ring substituents is 1. The quantitative estimate of drug-likeness (QED) is 0.448. The largest absolute Gasteiger partial charge is 0.393 e. The van der Waals surface area contributed by atoms with Crippen LogP contribution in [0.2, 0.25) is 0 Å². The molecule has 0 fully saturated rings. The minimum Gasteiger partial charge on any atom is -0.393 e. The van der Waals surface area contributed by atoms with Gasteiger partial charge in [-0.25, -0.2) is 0 Å². The van der Waals surface area contributed by atoms with Gasteiger partial charge in [-0.15, -0.1) is 10.2 Å². The summed E-state index contributed by atoms with van der Waals surface area (Å²) in [5, 5.41) is 24.0. The Hall–Kier alpha value is -2.55. The summed E-state index contributed by atoms with van der Waals surface area (Å²) in [6, 6.07) is 4.64. The van der Waals surface area contributed by atoms with Crippen molar-refractivity contribution in [3.05, 3.63) is 34.1 Å². The van der Waals surface area contributed by atoms with E-state index in [0.717, 1.165) is 5.82 Å². The number of hydrogen-bond acceptors (Lipinski definition) is 7. The predicted octanol–water partition coefficient (Wildman–Crippen LogP) is 1.91. The maximum Gasteiger partial charge on any atom is 0.292 e. The molecule has 2 heterocycles. The van der Waals surface area contributed by atoms with Crippen LogP contribution >= 0.6 is 11.3 Å². The normalized spacial score (nSPS) is 11.1. The second-order valence-corrected chi connectivity index (χ2v) is 5.06. The lowest BCUT2D eigenvalue weighted by Gasteiger charge is -1.99. The van der Waals surface area contributed by atoms with Crippen LogP contribution in [0.4, 0.5) is 11.4 Å². The second kappa shape index (κ2) is 4.53. The third kappa shape index (κ3) is 1.88. The Morgan fingerprint density at radius 3 is 2.95 bits per heavy atom. The van der Waals surface area contributed by atoms with E-state index in [1.807, 2.05) is 6.92 Å². The number of benzene rings is 1. The first-order chi connectivity index (χ1) is 9.60. The van der Waals surface area contributed by atoms with Gasteiger partial charge in [0.15, 0.2) is 5.82 Å². The van der Waals surface area contributed by atoms with E-state index in [2.05, 4.69) is 15.3 Å². The van der Waals surface area contributed by atoms with E-state index < -0.39 is 4.92 Å². The fourth-order valence-corrected chi connectivity index (χ4v) is 2.68. The van der Waals surface area contributed by atoms with Crippen molar-refractivity contribution in [1.82, 2.24) is 19.8 Å². The smallest absolute Gasteiger partial charge is 0.292 e. The van der Waals surface area contributed by atoms with Crippen molar-refractivity contribution >= 4 is 27.7 Å². The Morgan fingerprint density at radius 1 is 1.45 bits per heavy atom. The summed E-state index contributed by atoms with van der Waals surface area (Å²) in [5.74, 6) is 0.757. The number of nitro groups is 1. The van der Waals surface area contributed by atoms with Gasteiger partial charge in [0.2, 0.25) is 4.96 Å². The summed E-state index contributed by atoms with van der Waals surface area (Å²) < 4.78 is 1.65. The molecule has 3 rings (SSSR count). The van der Waals surface area contributed by atoms with Crippen LogP contribution in [0.15, 0.2) is 18.2 Å². The summed E-state index contributed by atoms with van der Waals surface area (Å²) in [4.78, 5) is 11.1. The average molecular weight is 290 g/mol. The maximum absolute atomic E-state index is 10.9. The van der Waals surface area contributed by atoms with Gasteiger partial charge in [0.25, 0.3) is 5.69 Å². The third-order valence-corrected chi connectivity index (χ3v) is 3.79. The number of hydrogen-bond donors (Lipinski definition) is 1. The molecule has 0 spiro atoms. The van der Waals surface area contributed by atoms with Crippen molar-refractivity contribution in [2.75, 3.05) is 5.73 Å². The molecule has 9 heteroatoms. The van der Waals surface area contributed by atoms with Crippen molar-refractivity contribution in [3.63, 3.8) is 0 Å². The van der Waals surface area contributed by atoms with Crippen molar-refractivity contribution in [3.8, 4) is 10.6 Å². The fraction of sp³-hybridized carbons (Fsp3) is 0.182. The van der Waals surface area contributed by atoms with E-state index in [0.29, 0.717) is 22.0 Å². The van der Waals surface area contributed by atoms with Crippen molar-refractivity contribution in [1.29, 1.82) is 0 Å². The number of nitrogen functional groups attached to an aromatic ring is 1. The van der Waals surface area contributed by atoms with Gasteiger partial charge in [-0.2, -0.15) is 9.61 Å². The first-order valence-corrected chi connectivity index (χ1v) is 6.67. The number of aryl methyl sites for hydroxylation is 1. The van der Waals surface area contributed by atoms with Crippen LogP contribution in [0.5, 0.6) is 0 Å². The lowest BCUT2D eigenvalue weighted by molar-refractivity contribution is -0.383. The van der Waals surface area contributed by atoms with Crippen LogP contribution in [-0.4, -0.2) is 24.7 Å². The average Bonchev–Trinajstić information content (AvgIpc) is 2.98. The van der Waals surface area contributed by atoms with Crippen LogP contribution in [0.1, 0.15) is 12.7 Å². The van der Waals surface area contributed by atoms with Gasteiger partial charge in [0.1, 0.15) is 10.7 Å². The molecule has 102 valence electrons. The number of aromatic nitrogens is 4. The van der Waals surface area contributed by atoms with E-state index in [-0.39, 0.29) is 11.4 Å². The number of fused-ring (bicyclic) bond motifs is 1. The van der Waals surface area contributed by atoms with E-state index in [1.54, 1.807) is 10.6 Å². The monoisotopic (exact) mass is 290 g/mol. The highest BCUT2D eigenvalue weighted by Gasteiger charge is 2.16. The SMILES string of the molecule is CCc1nnc2sc(-c3ccc(N)c([N+](=O)[O-])c3)nn12. The zero-order valence-corrected chi connectivity index (χ0v) is 11.3. The zero-order valence-electron chi connectivity index (χ0n) is 10.5. The van der Waals surface area contributed by atoms with Gasteiger partial charge in [-0.3, -0.25) is 10.1 Å². The Kier molecular flexibility index (Phi) is 2.83. The summed E-state index contributed by atoms with van der Waals surface area (Å²) in [6.45, 7) is 1.96. The molecule has 0 saturated heterocycles. The topological polar surface area (TPSA) is 112 Å². The predicted molar refractivity (Wildman–Crippen MR) is 74.5 cm³/mol. The molecular weight excluding hydrogens is 280 g/mol. The van der Waals surface area contributed by atoms with E-state index in [1.165, 1.54) is 23.5 Å². The highest BCUT2D eigenvalue weighted by Crippen LogP contribution is 2.31. The third-order valence-electron chi connectivity index (χ3n) is 2.85. The molecule has 0 atom stereocenters. The van der Waals surface area contributed by atoms with E-state index in [9.17, 15) is 10.1 Å². The van der Waals surface area contributed by atoms with Gasteiger partial charge in [-0.1, -0.05) is 18.3 Å². The summed E-state index contributed by atoms with van der Waals surface area (Å²) in [7, 11) is 0. The summed E-state index contributed by atoms with van der Waals surface area (Å²) in [5.41, 5.74) is 6.24. The van der Waals surface area contributed by atoms with Crippen LogP contribution in [0, 0.1) is 10.1 Å². The first-order valence-electron chi connectivity index (χ1n) is 5.85. The molecule has 2 aromatic heterocycles. The molecule has 0 bridgehead atoms. The highest BCUT2D eigenvalue weighted by atomic mass is 32.1. The molecular formula is C11H10N6O2S. The fourth-order valence-electron chi connectivity index (χ4n) is 1.83. The molecule has 0 radical (unpaired) electrons. The van der Waals surface area contributed by atoms with Crippen LogP contribution in [0.25, 0.3) is 15.5 Å². The second-order valence-electron chi connectivity index (χ2n) is 4.10. The molecule has 0 unspecified atom stereocenters. The van der Waals surface area contributed by atoms with Gasteiger partial charge in [0, 0.05) is 18.1 Å². The summed E-state index contributed by atoms with van der Waals surface area (Å²) >= 11 is 1.33. The van der Waals surface area contributed by atoms with Crippen LogP contribution in [-0.2, 0) is 6.42 Å². The Bertz CT molecular complexity index is 808. The molecule has 3 aromatic rings.